The molecule has 0 saturated carbocycles. The third-order valence-corrected chi connectivity index (χ3v) is 4.90. The SMILES string of the molecule is COc1ccc(C[C@H](C)[C@]23C[C@@H](C)C(=O)C=C2OCO3)c(F)c1. The van der Waals surface area contributed by atoms with E-state index in [4.69, 9.17) is 14.2 Å². The summed E-state index contributed by atoms with van der Waals surface area (Å²) in [5.41, 5.74) is -0.0354. The Bertz CT molecular complexity index is 654. The molecule has 0 spiro atoms. The monoisotopic (exact) mass is 320 g/mol. The molecule has 3 rings (SSSR count). The van der Waals surface area contributed by atoms with Crippen molar-refractivity contribution in [3.8, 4) is 5.75 Å². The van der Waals surface area contributed by atoms with E-state index < -0.39 is 5.60 Å². The molecule has 0 bridgehead atoms. The van der Waals surface area contributed by atoms with Crippen molar-refractivity contribution in [1.29, 1.82) is 0 Å². The van der Waals surface area contributed by atoms with Gasteiger partial charge in [0.1, 0.15) is 22.9 Å². The minimum Gasteiger partial charge on any atom is -0.497 e. The average molecular weight is 320 g/mol. The zero-order valence-corrected chi connectivity index (χ0v) is 13.6. The lowest BCUT2D eigenvalue weighted by molar-refractivity contribution is -0.122. The molecule has 124 valence electrons. The highest BCUT2D eigenvalue weighted by atomic mass is 19.1. The molecule has 1 aliphatic carbocycles. The molecule has 5 heteroatoms. The molecule has 1 fully saturated rings. The summed E-state index contributed by atoms with van der Waals surface area (Å²) in [6.07, 6.45) is 2.61. The van der Waals surface area contributed by atoms with E-state index in [0.717, 1.165) is 0 Å². The van der Waals surface area contributed by atoms with Gasteiger partial charge in [0.05, 0.1) is 7.11 Å². The van der Waals surface area contributed by atoms with E-state index in [0.29, 0.717) is 29.9 Å². The van der Waals surface area contributed by atoms with Crippen molar-refractivity contribution in [2.75, 3.05) is 13.9 Å². The van der Waals surface area contributed by atoms with Gasteiger partial charge in [0.2, 0.25) is 0 Å². The second-order valence-electron chi connectivity index (χ2n) is 6.37. The molecule has 3 atom stereocenters. The number of halogens is 1. The molecular weight excluding hydrogens is 299 g/mol. The summed E-state index contributed by atoms with van der Waals surface area (Å²) in [6, 6.07) is 4.87. The van der Waals surface area contributed by atoms with Crippen LogP contribution < -0.4 is 4.74 Å². The fourth-order valence-corrected chi connectivity index (χ4v) is 3.44. The first kappa shape index (κ1) is 16.0. The van der Waals surface area contributed by atoms with E-state index in [1.165, 1.54) is 13.2 Å². The quantitative estimate of drug-likeness (QED) is 0.854. The van der Waals surface area contributed by atoms with E-state index in [9.17, 15) is 9.18 Å². The van der Waals surface area contributed by atoms with E-state index in [2.05, 4.69) is 0 Å². The Kier molecular flexibility index (Phi) is 4.15. The number of allylic oxidation sites excluding steroid dienone is 1. The number of ketones is 1. The van der Waals surface area contributed by atoms with Crippen LogP contribution in [0.1, 0.15) is 25.8 Å². The Morgan fingerprint density at radius 3 is 2.96 bits per heavy atom. The maximum atomic E-state index is 14.2. The van der Waals surface area contributed by atoms with E-state index in [-0.39, 0.29) is 30.2 Å². The highest BCUT2D eigenvalue weighted by Gasteiger charge is 2.51. The van der Waals surface area contributed by atoms with Gasteiger partial charge in [-0.05, 0) is 30.4 Å². The molecule has 0 unspecified atom stereocenters. The van der Waals surface area contributed by atoms with Gasteiger partial charge in [-0.3, -0.25) is 4.79 Å². The number of benzene rings is 1. The summed E-state index contributed by atoms with van der Waals surface area (Å²) < 4.78 is 30.7. The summed E-state index contributed by atoms with van der Waals surface area (Å²) in [5, 5.41) is 0. The van der Waals surface area contributed by atoms with Crippen LogP contribution in [0.5, 0.6) is 5.75 Å². The standard InChI is InChI=1S/C18H21FO4/c1-11-9-18(17(8-16(11)20)22-10-23-18)12(2)6-13-4-5-14(21-3)7-15(13)19/h4-5,7-8,11-12H,6,9-10H2,1-3H3/t11-,12+,18-/m1/s1. The van der Waals surface area contributed by atoms with Crippen molar-refractivity contribution in [2.45, 2.75) is 32.3 Å². The number of carbonyl (C=O) groups excluding carboxylic acids is 1. The fraction of sp³-hybridized carbons (Fsp3) is 0.500. The lowest BCUT2D eigenvalue weighted by Gasteiger charge is -2.37. The fourth-order valence-electron chi connectivity index (χ4n) is 3.44. The van der Waals surface area contributed by atoms with Crippen molar-refractivity contribution in [1.82, 2.24) is 0 Å². The first-order valence-corrected chi connectivity index (χ1v) is 7.81. The maximum absolute atomic E-state index is 14.2. The average Bonchev–Trinajstić information content (AvgIpc) is 2.93. The Balaban J connectivity index is 1.86. The van der Waals surface area contributed by atoms with Crippen molar-refractivity contribution < 1.29 is 23.4 Å². The summed E-state index contributed by atoms with van der Waals surface area (Å²) >= 11 is 0. The van der Waals surface area contributed by atoms with Gasteiger partial charge in [0, 0.05) is 18.1 Å². The van der Waals surface area contributed by atoms with Crippen LogP contribution in [0.15, 0.2) is 30.0 Å². The van der Waals surface area contributed by atoms with E-state index in [1.54, 1.807) is 18.2 Å². The smallest absolute Gasteiger partial charge is 0.189 e. The van der Waals surface area contributed by atoms with Crippen molar-refractivity contribution >= 4 is 5.78 Å². The lowest BCUT2D eigenvalue weighted by Crippen LogP contribution is -2.44. The molecular formula is C18H21FO4. The van der Waals surface area contributed by atoms with Crippen LogP contribution in [-0.2, 0) is 20.7 Å². The Hall–Kier alpha value is -1.88. The third-order valence-electron chi connectivity index (χ3n) is 4.90. The topological polar surface area (TPSA) is 44.8 Å². The van der Waals surface area contributed by atoms with Gasteiger partial charge in [-0.1, -0.05) is 19.9 Å². The van der Waals surface area contributed by atoms with Crippen LogP contribution in [0.2, 0.25) is 0 Å². The number of rotatable bonds is 4. The van der Waals surface area contributed by atoms with Crippen LogP contribution >= 0.6 is 0 Å². The number of ether oxygens (including phenoxy) is 3. The predicted octanol–water partition coefficient (Wildman–Crippen LogP) is 3.25. The second-order valence-corrected chi connectivity index (χ2v) is 6.37. The summed E-state index contributed by atoms with van der Waals surface area (Å²) in [4.78, 5) is 11.9. The second kappa shape index (κ2) is 5.96. The zero-order chi connectivity index (χ0) is 16.6. The van der Waals surface area contributed by atoms with Crippen molar-refractivity contribution in [3.05, 3.63) is 41.4 Å². The molecule has 1 heterocycles. The number of carbonyl (C=O) groups is 1. The zero-order valence-electron chi connectivity index (χ0n) is 13.6. The first-order valence-electron chi connectivity index (χ1n) is 7.81. The maximum Gasteiger partial charge on any atom is 0.189 e. The Labute approximate surface area is 135 Å². The molecule has 0 radical (unpaired) electrons. The van der Waals surface area contributed by atoms with E-state index in [1.807, 2.05) is 13.8 Å². The first-order chi connectivity index (χ1) is 11.0. The molecule has 1 saturated heterocycles. The molecule has 0 N–H and O–H groups in total. The van der Waals surface area contributed by atoms with Crippen LogP contribution in [-0.4, -0.2) is 25.3 Å². The minimum atomic E-state index is -0.639. The lowest BCUT2D eigenvalue weighted by atomic mass is 9.73. The third kappa shape index (κ3) is 2.74. The summed E-state index contributed by atoms with van der Waals surface area (Å²) in [7, 11) is 1.51. The molecule has 23 heavy (non-hydrogen) atoms. The minimum absolute atomic E-state index is 0.0188. The van der Waals surface area contributed by atoms with E-state index >= 15 is 0 Å². The molecule has 0 amide bonds. The molecule has 1 aliphatic heterocycles. The van der Waals surface area contributed by atoms with Gasteiger partial charge in [-0.15, -0.1) is 0 Å². The molecule has 1 aromatic carbocycles. The van der Waals surface area contributed by atoms with Gasteiger partial charge < -0.3 is 14.2 Å². The van der Waals surface area contributed by atoms with Gasteiger partial charge in [0.25, 0.3) is 0 Å². The van der Waals surface area contributed by atoms with Gasteiger partial charge in [-0.25, -0.2) is 4.39 Å². The number of hydrogen-bond donors (Lipinski definition) is 0. The largest absolute Gasteiger partial charge is 0.497 e. The highest BCUT2D eigenvalue weighted by molar-refractivity contribution is 5.93. The van der Waals surface area contributed by atoms with Crippen LogP contribution in [0.3, 0.4) is 0 Å². The Morgan fingerprint density at radius 1 is 1.48 bits per heavy atom. The number of fused-ring (bicyclic) bond motifs is 1. The molecule has 0 aromatic heterocycles. The van der Waals surface area contributed by atoms with Gasteiger partial charge >= 0.3 is 0 Å². The number of methoxy groups -OCH3 is 1. The summed E-state index contributed by atoms with van der Waals surface area (Å²) in [6.45, 7) is 4.04. The molecule has 1 aromatic rings. The van der Waals surface area contributed by atoms with Crippen LogP contribution in [0, 0.1) is 17.7 Å². The van der Waals surface area contributed by atoms with Crippen molar-refractivity contribution in [2.24, 2.45) is 11.8 Å². The predicted molar refractivity (Wildman–Crippen MR) is 82.5 cm³/mol. The van der Waals surface area contributed by atoms with Crippen LogP contribution in [0.4, 0.5) is 4.39 Å². The van der Waals surface area contributed by atoms with Crippen molar-refractivity contribution in [3.63, 3.8) is 0 Å². The Morgan fingerprint density at radius 2 is 2.26 bits per heavy atom. The number of hydrogen-bond acceptors (Lipinski definition) is 4. The van der Waals surface area contributed by atoms with Crippen LogP contribution in [0.25, 0.3) is 0 Å². The highest BCUT2D eigenvalue weighted by Crippen LogP contribution is 2.45. The van der Waals surface area contributed by atoms with Gasteiger partial charge in [-0.2, -0.15) is 0 Å². The summed E-state index contributed by atoms with van der Waals surface area (Å²) in [5.74, 6) is 0.705. The molecule has 2 aliphatic rings. The normalized spacial score (nSPS) is 27.9. The molecule has 4 nitrogen and oxygen atoms in total. The van der Waals surface area contributed by atoms with Gasteiger partial charge in [0.15, 0.2) is 12.6 Å².